The topological polar surface area (TPSA) is 45.7 Å². The van der Waals surface area contributed by atoms with Gasteiger partial charge in [-0.15, -0.1) is 0 Å². The van der Waals surface area contributed by atoms with Gasteiger partial charge in [-0.05, 0) is 74.7 Å². The summed E-state index contributed by atoms with van der Waals surface area (Å²) in [5, 5.41) is 0. The number of pyridine rings is 1. The Balaban J connectivity index is 1.19. The molecule has 3 aromatic rings. The van der Waals surface area contributed by atoms with E-state index in [4.69, 9.17) is 4.74 Å². The Kier molecular flexibility index (Phi) is 6.82. The van der Waals surface area contributed by atoms with Crippen LogP contribution in [0, 0.1) is 11.2 Å². The van der Waals surface area contributed by atoms with E-state index in [9.17, 15) is 9.18 Å². The number of hydrogen-bond donors (Lipinski definition) is 0. The normalized spacial score (nSPS) is 19.9. The van der Waals surface area contributed by atoms with Crippen LogP contribution in [0.25, 0.3) is 0 Å². The molecule has 6 heteroatoms. The Morgan fingerprint density at radius 1 is 1.06 bits per heavy atom. The number of amides is 1. The molecule has 0 bridgehead atoms. The highest BCUT2D eigenvalue weighted by molar-refractivity contribution is 5.85. The highest BCUT2D eigenvalue weighted by atomic mass is 19.1. The zero-order valence-electron chi connectivity index (χ0n) is 20.2. The molecule has 2 aromatic carbocycles. The maximum absolute atomic E-state index is 13.7. The number of ether oxygens (including phenoxy) is 1. The Bertz CT molecular complexity index is 1160. The van der Waals surface area contributed by atoms with Crippen LogP contribution in [-0.4, -0.2) is 46.9 Å². The monoisotopic (exact) mass is 473 g/mol. The first-order chi connectivity index (χ1) is 17.0. The van der Waals surface area contributed by atoms with E-state index in [1.807, 2.05) is 54.4 Å². The zero-order valence-corrected chi connectivity index (χ0v) is 20.2. The molecule has 2 aliphatic rings. The summed E-state index contributed by atoms with van der Waals surface area (Å²) in [5.74, 6) is 0.907. The van der Waals surface area contributed by atoms with E-state index in [-0.39, 0.29) is 23.2 Å². The van der Waals surface area contributed by atoms with E-state index >= 15 is 0 Å². The second-order valence-corrected chi connectivity index (χ2v) is 9.88. The predicted molar refractivity (Wildman–Crippen MR) is 133 cm³/mol. The molecule has 1 amide bonds. The van der Waals surface area contributed by atoms with Gasteiger partial charge in [0.15, 0.2) is 0 Å². The molecule has 5 rings (SSSR count). The predicted octanol–water partition coefficient (Wildman–Crippen LogP) is 4.86. The van der Waals surface area contributed by atoms with Gasteiger partial charge in [-0.2, -0.15) is 0 Å². The van der Waals surface area contributed by atoms with E-state index in [2.05, 4.69) is 16.0 Å². The molecule has 2 fully saturated rings. The quantitative estimate of drug-likeness (QED) is 0.492. The SMILES string of the molecule is CN1C(=O)C2(CCN(Cc3ccccc3OCc3ccccn3)CC2)CC1Cc1cccc(F)c1. The summed E-state index contributed by atoms with van der Waals surface area (Å²) in [7, 11) is 1.91. The van der Waals surface area contributed by atoms with Crippen LogP contribution in [0.4, 0.5) is 4.39 Å². The fourth-order valence-electron chi connectivity index (χ4n) is 5.57. The number of likely N-dealkylation sites (tertiary alicyclic amines) is 2. The molecule has 5 nitrogen and oxygen atoms in total. The highest BCUT2D eigenvalue weighted by Gasteiger charge is 2.51. The maximum atomic E-state index is 13.7. The van der Waals surface area contributed by atoms with Crippen molar-refractivity contribution in [2.45, 2.75) is 44.9 Å². The van der Waals surface area contributed by atoms with Crippen LogP contribution in [0.15, 0.2) is 72.9 Å². The second kappa shape index (κ2) is 10.2. The van der Waals surface area contributed by atoms with Crippen molar-refractivity contribution in [3.63, 3.8) is 0 Å². The van der Waals surface area contributed by atoms with Crippen LogP contribution in [0.3, 0.4) is 0 Å². The van der Waals surface area contributed by atoms with Gasteiger partial charge in [-0.3, -0.25) is 14.7 Å². The third-order valence-corrected chi connectivity index (χ3v) is 7.59. The number of likely N-dealkylation sites (N-methyl/N-ethyl adjacent to an activating group) is 1. The summed E-state index contributed by atoms with van der Waals surface area (Å²) in [6, 6.07) is 20.8. The molecular formula is C29H32FN3O2. The average molecular weight is 474 g/mol. The lowest BCUT2D eigenvalue weighted by molar-refractivity contribution is -0.137. The van der Waals surface area contributed by atoms with Crippen LogP contribution in [0.5, 0.6) is 5.75 Å². The smallest absolute Gasteiger partial charge is 0.228 e. The van der Waals surface area contributed by atoms with Crippen molar-refractivity contribution >= 4 is 5.91 Å². The van der Waals surface area contributed by atoms with Gasteiger partial charge in [0.05, 0.1) is 11.1 Å². The number of carbonyl (C=O) groups excluding carboxylic acids is 1. The van der Waals surface area contributed by atoms with Crippen molar-refractivity contribution in [3.8, 4) is 5.75 Å². The Morgan fingerprint density at radius 3 is 2.63 bits per heavy atom. The molecule has 0 saturated carbocycles. The van der Waals surface area contributed by atoms with Crippen molar-refractivity contribution in [1.29, 1.82) is 0 Å². The molecule has 0 N–H and O–H groups in total. The molecule has 182 valence electrons. The minimum Gasteiger partial charge on any atom is -0.487 e. The van der Waals surface area contributed by atoms with Crippen LogP contribution in [-0.2, 0) is 24.4 Å². The number of piperidine rings is 1. The van der Waals surface area contributed by atoms with E-state index in [0.29, 0.717) is 13.0 Å². The molecule has 1 spiro atoms. The minimum absolute atomic E-state index is 0.122. The molecule has 3 heterocycles. The van der Waals surface area contributed by atoms with E-state index in [1.54, 1.807) is 18.3 Å². The summed E-state index contributed by atoms with van der Waals surface area (Å²) < 4.78 is 19.7. The third-order valence-electron chi connectivity index (χ3n) is 7.59. The molecule has 1 atom stereocenters. The molecular weight excluding hydrogens is 441 g/mol. The summed E-state index contributed by atoms with van der Waals surface area (Å²) in [5.41, 5.74) is 2.71. The fourth-order valence-corrected chi connectivity index (χ4v) is 5.57. The molecule has 1 aromatic heterocycles. The Morgan fingerprint density at radius 2 is 1.86 bits per heavy atom. The molecule has 1 unspecified atom stereocenters. The van der Waals surface area contributed by atoms with Crippen molar-refractivity contribution in [3.05, 3.63) is 95.6 Å². The van der Waals surface area contributed by atoms with E-state index in [1.165, 1.54) is 6.07 Å². The van der Waals surface area contributed by atoms with Gasteiger partial charge < -0.3 is 9.64 Å². The number of rotatable bonds is 7. The van der Waals surface area contributed by atoms with Crippen LogP contribution >= 0.6 is 0 Å². The number of benzene rings is 2. The lowest BCUT2D eigenvalue weighted by Gasteiger charge is -2.38. The molecule has 35 heavy (non-hydrogen) atoms. The number of nitrogens with zero attached hydrogens (tertiary/aromatic N) is 3. The summed E-state index contributed by atoms with van der Waals surface area (Å²) in [6.45, 7) is 2.99. The largest absolute Gasteiger partial charge is 0.487 e. The van der Waals surface area contributed by atoms with Crippen molar-refractivity contribution < 1.29 is 13.9 Å². The molecule has 2 saturated heterocycles. The standard InChI is InChI=1S/C29H32FN3O2/c1-32-26(18-22-7-6-9-24(30)17-22)19-29(28(32)34)12-15-33(16-13-29)20-23-8-2-3-11-27(23)35-21-25-10-4-5-14-31-25/h2-11,14,17,26H,12-13,15-16,18-21H2,1H3. The Labute approximate surface area is 206 Å². The number of halogens is 1. The number of para-hydroxylation sites is 1. The molecule has 2 aliphatic heterocycles. The van der Waals surface area contributed by atoms with Gasteiger partial charge in [-0.25, -0.2) is 4.39 Å². The summed E-state index contributed by atoms with van der Waals surface area (Å²) >= 11 is 0. The minimum atomic E-state index is -0.293. The summed E-state index contributed by atoms with van der Waals surface area (Å²) in [6.07, 6.45) is 5.03. The zero-order chi connectivity index (χ0) is 24.3. The van der Waals surface area contributed by atoms with Gasteiger partial charge in [0.2, 0.25) is 5.91 Å². The summed E-state index contributed by atoms with van der Waals surface area (Å²) in [4.78, 5) is 22.0. The molecule has 0 radical (unpaired) electrons. The second-order valence-electron chi connectivity index (χ2n) is 9.88. The fraction of sp³-hybridized carbons (Fsp3) is 0.379. The lowest BCUT2D eigenvalue weighted by atomic mass is 9.75. The maximum Gasteiger partial charge on any atom is 0.228 e. The van der Waals surface area contributed by atoms with Gasteiger partial charge in [0.25, 0.3) is 0 Å². The highest BCUT2D eigenvalue weighted by Crippen LogP contribution is 2.45. The van der Waals surface area contributed by atoms with Crippen molar-refractivity contribution in [1.82, 2.24) is 14.8 Å². The van der Waals surface area contributed by atoms with Gasteiger partial charge in [0, 0.05) is 31.4 Å². The first-order valence-corrected chi connectivity index (χ1v) is 12.4. The van der Waals surface area contributed by atoms with Gasteiger partial charge in [0.1, 0.15) is 18.2 Å². The first kappa shape index (κ1) is 23.5. The van der Waals surface area contributed by atoms with E-state index < -0.39 is 0 Å². The Hall–Kier alpha value is -3.25. The number of hydrogen-bond acceptors (Lipinski definition) is 4. The lowest BCUT2D eigenvalue weighted by Crippen LogP contribution is -2.43. The van der Waals surface area contributed by atoms with E-state index in [0.717, 1.165) is 61.5 Å². The average Bonchev–Trinajstić information content (AvgIpc) is 3.10. The first-order valence-electron chi connectivity index (χ1n) is 12.4. The third kappa shape index (κ3) is 5.22. The van der Waals surface area contributed by atoms with Gasteiger partial charge >= 0.3 is 0 Å². The van der Waals surface area contributed by atoms with Crippen molar-refractivity contribution in [2.75, 3.05) is 20.1 Å². The van der Waals surface area contributed by atoms with Crippen molar-refractivity contribution in [2.24, 2.45) is 5.41 Å². The van der Waals surface area contributed by atoms with Gasteiger partial charge in [-0.1, -0.05) is 36.4 Å². The van der Waals surface area contributed by atoms with Crippen LogP contribution in [0.2, 0.25) is 0 Å². The van der Waals surface area contributed by atoms with Crippen LogP contribution < -0.4 is 4.74 Å². The number of aromatic nitrogens is 1. The number of carbonyl (C=O) groups is 1. The van der Waals surface area contributed by atoms with Crippen LogP contribution in [0.1, 0.15) is 36.1 Å². The molecule has 0 aliphatic carbocycles.